The predicted molar refractivity (Wildman–Crippen MR) is 97.1 cm³/mol. The molecule has 0 atom stereocenters. The zero-order valence-corrected chi connectivity index (χ0v) is 14.6. The van der Waals surface area contributed by atoms with Crippen LogP contribution in [0, 0.1) is 0 Å². The molecule has 7 heteroatoms. The highest BCUT2D eigenvalue weighted by atomic mass is 19.4. The maximum absolute atomic E-state index is 12.9. The number of nitrogens with zero attached hydrogens (tertiary/aromatic N) is 2. The molecule has 0 unspecified atom stereocenters. The van der Waals surface area contributed by atoms with Gasteiger partial charge in [-0.25, -0.2) is 0 Å². The Labute approximate surface area is 154 Å². The van der Waals surface area contributed by atoms with E-state index in [0.717, 1.165) is 54.9 Å². The molecule has 1 aliphatic rings. The fourth-order valence-corrected chi connectivity index (χ4v) is 3.60. The molecule has 2 N–H and O–H groups in total. The first kappa shape index (κ1) is 17.7. The Balaban J connectivity index is 1.80. The van der Waals surface area contributed by atoms with E-state index in [0.29, 0.717) is 17.2 Å². The zero-order chi connectivity index (χ0) is 18.9. The van der Waals surface area contributed by atoms with E-state index in [2.05, 4.69) is 20.5 Å². The average Bonchev–Trinajstić information content (AvgIpc) is 3.14. The van der Waals surface area contributed by atoms with Crippen molar-refractivity contribution in [3.05, 3.63) is 60.0 Å². The van der Waals surface area contributed by atoms with Crippen LogP contribution in [0.5, 0.6) is 0 Å². The van der Waals surface area contributed by atoms with Gasteiger partial charge in [0.25, 0.3) is 0 Å². The number of benzene rings is 1. The maximum atomic E-state index is 12.9. The number of pyridine rings is 1. The monoisotopic (exact) mass is 372 g/mol. The molecule has 0 bridgehead atoms. The Morgan fingerprint density at radius 3 is 2.19 bits per heavy atom. The van der Waals surface area contributed by atoms with Crippen molar-refractivity contribution in [1.29, 1.82) is 0 Å². The van der Waals surface area contributed by atoms with Crippen LogP contribution in [0.3, 0.4) is 0 Å². The van der Waals surface area contributed by atoms with Crippen LogP contribution in [0.1, 0.15) is 30.0 Å². The van der Waals surface area contributed by atoms with Gasteiger partial charge < -0.3 is 5.32 Å². The van der Waals surface area contributed by atoms with E-state index < -0.39 is 11.7 Å². The van der Waals surface area contributed by atoms with Crippen molar-refractivity contribution in [2.24, 2.45) is 0 Å². The zero-order valence-electron chi connectivity index (χ0n) is 14.6. The molecule has 4 rings (SSSR count). The van der Waals surface area contributed by atoms with Gasteiger partial charge in [-0.05, 0) is 55.8 Å². The van der Waals surface area contributed by atoms with Gasteiger partial charge in [0.05, 0.1) is 5.56 Å². The molecule has 0 radical (unpaired) electrons. The normalized spacial score (nSPS) is 15.8. The lowest BCUT2D eigenvalue weighted by Crippen LogP contribution is -2.27. The lowest BCUT2D eigenvalue weighted by atomic mass is 9.88. The van der Waals surface area contributed by atoms with Gasteiger partial charge in [-0.2, -0.15) is 18.3 Å². The van der Waals surface area contributed by atoms with Crippen molar-refractivity contribution >= 4 is 0 Å². The molecule has 0 aliphatic carbocycles. The Bertz CT molecular complexity index is 895. The Kier molecular flexibility index (Phi) is 4.70. The van der Waals surface area contributed by atoms with E-state index in [1.165, 1.54) is 12.1 Å². The minimum atomic E-state index is -4.35. The summed E-state index contributed by atoms with van der Waals surface area (Å²) in [4.78, 5) is 4.07. The van der Waals surface area contributed by atoms with Crippen molar-refractivity contribution in [1.82, 2.24) is 20.5 Å². The largest absolute Gasteiger partial charge is 0.416 e. The molecule has 1 aliphatic heterocycles. The van der Waals surface area contributed by atoms with Gasteiger partial charge in [0.1, 0.15) is 5.69 Å². The summed E-state index contributed by atoms with van der Waals surface area (Å²) in [6.45, 7) is 1.88. The third-order valence-corrected chi connectivity index (χ3v) is 5.00. The molecule has 140 valence electrons. The van der Waals surface area contributed by atoms with E-state index in [-0.39, 0.29) is 0 Å². The number of rotatable bonds is 3. The molecule has 0 amide bonds. The van der Waals surface area contributed by atoms with Crippen LogP contribution in [0.15, 0.2) is 48.8 Å². The first-order valence-electron chi connectivity index (χ1n) is 8.91. The number of hydrogen-bond acceptors (Lipinski definition) is 3. The van der Waals surface area contributed by atoms with Gasteiger partial charge in [-0.15, -0.1) is 0 Å². The van der Waals surface area contributed by atoms with Crippen LogP contribution in [-0.4, -0.2) is 28.3 Å². The Morgan fingerprint density at radius 2 is 1.56 bits per heavy atom. The van der Waals surface area contributed by atoms with Crippen molar-refractivity contribution in [2.45, 2.75) is 24.9 Å². The number of halogens is 3. The van der Waals surface area contributed by atoms with Crippen LogP contribution < -0.4 is 5.32 Å². The molecule has 2 aromatic heterocycles. The van der Waals surface area contributed by atoms with Gasteiger partial charge >= 0.3 is 6.18 Å². The van der Waals surface area contributed by atoms with E-state index in [9.17, 15) is 13.2 Å². The molecule has 3 aromatic rings. The fraction of sp³-hybridized carbons (Fsp3) is 0.300. The molecule has 3 heterocycles. The summed E-state index contributed by atoms with van der Waals surface area (Å²) in [6.07, 6.45) is 1.06. The minimum Gasteiger partial charge on any atom is -0.317 e. The van der Waals surface area contributed by atoms with E-state index in [1.54, 1.807) is 12.4 Å². The molecule has 1 fully saturated rings. The number of H-pyrrole nitrogens is 1. The Hall–Kier alpha value is -2.67. The Morgan fingerprint density at radius 1 is 0.889 bits per heavy atom. The van der Waals surface area contributed by atoms with Crippen LogP contribution in [-0.2, 0) is 6.18 Å². The SMILES string of the molecule is FC(F)(F)c1ccc(-c2n[nH]c(C3CCNCC3)c2-c2ccncc2)cc1. The van der Waals surface area contributed by atoms with E-state index in [4.69, 9.17) is 0 Å². The first-order chi connectivity index (χ1) is 13.0. The standard InChI is InChI=1S/C20H19F3N4/c21-20(22,23)16-3-1-14(2-4-16)18-17(13-5-9-24-10-6-13)19(27-26-18)15-7-11-25-12-8-15/h1-6,9-10,15,25H,7-8,11-12H2,(H,26,27). The summed E-state index contributed by atoms with van der Waals surface area (Å²) in [7, 11) is 0. The van der Waals surface area contributed by atoms with Crippen LogP contribution in [0.4, 0.5) is 13.2 Å². The predicted octanol–water partition coefficient (Wildman–Crippen LogP) is 4.62. The van der Waals surface area contributed by atoms with Gasteiger partial charge in [0.15, 0.2) is 0 Å². The van der Waals surface area contributed by atoms with Gasteiger partial charge in [-0.3, -0.25) is 10.1 Å². The minimum absolute atomic E-state index is 0.338. The van der Waals surface area contributed by atoms with E-state index >= 15 is 0 Å². The molecule has 4 nitrogen and oxygen atoms in total. The van der Waals surface area contributed by atoms with Crippen molar-refractivity contribution in [2.75, 3.05) is 13.1 Å². The quantitative estimate of drug-likeness (QED) is 0.705. The highest BCUT2D eigenvalue weighted by Crippen LogP contribution is 2.39. The summed E-state index contributed by atoms with van der Waals surface area (Å²) >= 11 is 0. The first-order valence-corrected chi connectivity index (χ1v) is 8.91. The number of nitrogens with one attached hydrogen (secondary N) is 2. The maximum Gasteiger partial charge on any atom is 0.416 e. The van der Waals surface area contributed by atoms with Gasteiger partial charge in [-0.1, -0.05) is 12.1 Å². The van der Waals surface area contributed by atoms with Crippen molar-refractivity contribution in [3.63, 3.8) is 0 Å². The highest BCUT2D eigenvalue weighted by molar-refractivity contribution is 5.83. The lowest BCUT2D eigenvalue weighted by molar-refractivity contribution is -0.137. The fourth-order valence-electron chi connectivity index (χ4n) is 3.60. The second kappa shape index (κ2) is 7.15. The molecule has 27 heavy (non-hydrogen) atoms. The third-order valence-electron chi connectivity index (χ3n) is 5.00. The lowest BCUT2D eigenvalue weighted by Gasteiger charge is -2.22. The third kappa shape index (κ3) is 3.60. The summed E-state index contributed by atoms with van der Waals surface area (Å²) in [5.41, 5.74) is 3.62. The van der Waals surface area contributed by atoms with Gasteiger partial charge in [0, 0.05) is 35.1 Å². The molecule has 1 aromatic carbocycles. The average molecular weight is 372 g/mol. The number of aromatic nitrogens is 3. The molecular weight excluding hydrogens is 353 g/mol. The topological polar surface area (TPSA) is 53.6 Å². The van der Waals surface area contributed by atoms with Crippen LogP contribution in [0.2, 0.25) is 0 Å². The van der Waals surface area contributed by atoms with Crippen LogP contribution >= 0.6 is 0 Å². The second-order valence-corrected chi connectivity index (χ2v) is 6.70. The summed E-state index contributed by atoms with van der Waals surface area (Å²) in [6, 6.07) is 8.98. The smallest absolute Gasteiger partial charge is 0.317 e. The molecule has 1 saturated heterocycles. The second-order valence-electron chi connectivity index (χ2n) is 6.70. The van der Waals surface area contributed by atoms with Gasteiger partial charge in [0.2, 0.25) is 0 Å². The summed E-state index contributed by atoms with van der Waals surface area (Å²) in [5.74, 6) is 0.338. The highest BCUT2D eigenvalue weighted by Gasteiger charge is 2.30. The molecule has 0 spiro atoms. The van der Waals surface area contributed by atoms with Crippen molar-refractivity contribution in [3.8, 4) is 22.4 Å². The summed E-state index contributed by atoms with van der Waals surface area (Å²) in [5, 5.41) is 11.0. The van der Waals surface area contributed by atoms with Crippen molar-refractivity contribution < 1.29 is 13.2 Å². The number of alkyl halides is 3. The molecule has 0 saturated carbocycles. The summed E-state index contributed by atoms with van der Waals surface area (Å²) < 4.78 is 38.6. The molecular formula is C20H19F3N4. The number of piperidine rings is 1. The van der Waals surface area contributed by atoms with E-state index in [1.807, 2.05) is 12.1 Å². The number of hydrogen-bond donors (Lipinski definition) is 2. The van der Waals surface area contributed by atoms with Crippen LogP contribution in [0.25, 0.3) is 22.4 Å². The number of aromatic amines is 1.